The summed E-state index contributed by atoms with van der Waals surface area (Å²) < 4.78 is 17.7. The number of hydrogen-bond acceptors (Lipinski definition) is 10. The number of aliphatic hydroxyl groups is 5. The molecule has 1 amide bonds. The van der Waals surface area contributed by atoms with Gasteiger partial charge in [-0.3, -0.25) is 9.59 Å². The van der Waals surface area contributed by atoms with Gasteiger partial charge in [0.2, 0.25) is 5.91 Å². The van der Waals surface area contributed by atoms with Crippen molar-refractivity contribution >= 4 is 11.9 Å². The Bertz CT molecular complexity index is 1430. The molecule has 0 saturated carbocycles. The predicted molar refractivity (Wildman–Crippen MR) is 357 cm³/mol. The van der Waals surface area contributed by atoms with Gasteiger partial charge in [-0.1, -0.05) is 367 Å². The Balaban J connectivity index is 2.55. The van der Waals surface area contributed by atoms with Crippen LogP contribution in [0.3, 0.4) is 0 Å². The van der Waals surface area contributed by atoms with Gasteiger partial charge in [-0.05, 0) is 25.7 Å². The summed E-state index contributed by atoms with van der Waals surface area (Å²) in [6, 6.07) is -1.02. The van der Waals surface area contributed by atoms with Crippen LogP contribution in [0, 0.1) is 0 Å². The van der Waals surface area contributed by atoms with E-state index >= 15 is 0 Å². The molecule has 6 N–H and O–H groups in total. The first-order valence-corrected chi connectivity index (χ1v) is 37.5. The van der Waals surface area contributed by atoms with Crippen molar-refractivity contribution < 1.29 is 49.3 Å². The van der Waals surface area contributed by atoms with Gasteiger partial charge < -0.3 is 45.1 Å². The summed E-state index contributed by atoms with van der Waals surface area (Å²) in [7, 11) is 0. The van der Waals surface area contributed by atoms with E-state index in [9.17, 15) is 35.1 Å². The summed E-state index contributed by atoms with van der Waals surface area (Å²) in [4.78, 5) is 26.7. The number of aliphatic hydroxyl groups excluding tert-OH is 5. The van der Waals surface area contributed by atoms with E-state index in [2.05, 4.69) is 26.1 Å². The van der Waals surface area contributed by atoms with Crippen molar-refractivity contribution in [3.63, 3.8) is 0 Å². The van der Waals surface area contributed by atoms with Gasteiger partial charge in [0, 0.05) is 6.42 Å². The number of nitrogens with one attached hydrogen (secondary N) is 1. The third-order valence-corrected chi connectivity index (χ3v) is 18.2. The van der Waals surface area contributed by atoms with E-state index < -0.39 is 67.4 Å². The second-order valence-electron chi connectivity index (χ2n) is 26.4. The quantitative estimate of drug-likeness (QED) is 0.0195. The number of rotatable bonds is 66. The van der Waals surface area contributed by atoms with Gasteiger partial charge in [-0.15, -0.1) is 0 Å². The highest BCUT2D eigenvalue weighted by Gasteiger charge is 2.47. The molecule has 1 aliphatic rings. The minimum Gasteiger partial charge on any atom is -0.454 e. The fourth-order valence-corrected chi connectivity index (χ4v) is 12.3. The molecule has 504 valence electrons. The average molecular weight is 1210 g/mol. The monoisotopic (exact) mass is 1210 g/mol. The fraction of sp³-hybridized carbons (Fsp3) is 0.946. The Kier molecular flexibility index (Phi) is 59.9. The molecule has 1 aliphatic heterocycles. The maximum atomic E-state index is 13.5. The first-order chi connectivity index (χ1) is 41.7. The van der Waals surface area contributed by atoms with Crippen molar-refractivity contribution in [2.75, 3.05) is 13.2 Å². The molecule has 11 nitrogen and oxygen atoms in total. The molecule has 0 aromatic rings. The van der Waals surface area contributed by atoms with Crippen molar-refractivity contribution in [2.24, 2.45) is 0 Å². The molecular formula is C74H143NO10. The largest absolute Gasteiger partial charge is 0.454 e. The van der Waals surface area contributed by atoms with E-state index in [4.69, 9.17) is 14.2 Å². The number of amides is 1. The summed E-state index contributed by atoms with van der Waals surface area (Å²) in [5.41, 5.74) is 0. The van der Waals surface area contributed by atoms with Crippen LogP contribution >= 0.6 is 0 Å². The van der Waals surface area contributed by atoms with Crippen LogP contribution in [0.4, 0.5) is 0 Å². The van der Waals surface area contributed by atoms with Crippen LogP contribution in [0.5, 0.6) is 0 Å². The van der Waals surface area contributed by atoms with Gasteiger partial charge >= 0.3 is 5.97 Å². The van der Waals surface area contributed by atoms with Crippen molar-refractivity contribution in [1.29, 1.82) is 0 Å². The lowest BCUT2D eigenvalue weighted by Crippen LogP contribution is -2.61. The molecule has 0 bridgehead atoms. The first-order valence-electron chi connectivity index (χ1n) is 37.5. The van der Waals surface area contributed by atoms with Gasteiger partial charge in [0.05, 0.1) is 25.4 Å². The van der Waals surface area contributed by atoms with E-state index in [0.29, 0.717) is 19.3 Å². The van der Waals surface area contributed by atoms with Gasteiger partial charge in [0.25, 0.3) is 0 Å². The van der Waals surface area contributed by atoms with Crippen molar-refractivity contribution in [2.45, 2.75) is 436 Å². The second kappa shape index (κ2) is 62.6. The molecule has 1 fully saturated rings. The molecular weight excluding hydrogens is 1060 g/mol. The Morgan fingerprint density at radius 1 is 0.447 bits per heavy atom. The van der Waals surface area contributed by atoms with Gasteiger partial charge in [0.15, 0.2) is 12.4 Å². The Hall–Kier alpha value is -1.60. The zero-order chi connectivity index (χ0) is 61.7. The van der Waals surface area contributed by atoms with Crippen LogP contribution in [0.1, 0.15) is 387 Å². The smallest absolute Gasteiger partial charge is 0.306 e. The topological polar surface area (TPSA) is 175 Å². The highest BCUT2D eigenvalue weighted by atomic mass is 16.7. The second-order valence-corrected chi connectivity index (χ2v) is 26.4. The molecule has 0 aromatic heterocycles. The third kappa shape index (κ3) is 49.8. The van der Waals surface area contributed by atoms with E-state index in [1.807, 2.05) is 6.08 Å². The summed E-state index contributed by atoms with van der Waals surface area (Å²) >= 11 is 0. The van der Waals surface area contributed by atoms with E-state index in [1.165, 1.54) is 283 Å². The van der Waals surface area contributed by atoms with E-state index in [-0.39, 0.29) is 13.0 Å². The van der Waals surface area contributed by atoms with Crippen molar-refractivity contribution in [3.8, 4) is 0 Å². The molecule has 11 heteroatoms. The molecule has 8 unspecified atom stereocenters. The zero-order valence-corrected chi connectivity index (χ0v) is 56.3. The van der Waals surface area contributed by atoms with Gasteiger partial charge in [0.1, 0.15) is 24.4 Å². The predicted octanol–water partition coefficient (Wildman–Crippen LogP) is 19.4. The number of hydrogen-bond donors (Lipinski definition) is 6. The number of carbonyl (C=O) groups excluding carboxylic acids is 2. The Morgan fingerprint density at radius 2 is 0.765 bits per heavy atom. The molecule has 1 heterocycles. The lowest BCUT2D eigenvalue weighted by Gasteiger charge is -2.41. The summed E-state index contributed by atoms with van der Waals surface area (Å²) in [6.07, 6.45) is 64.0. The SMILES string of the molecule is CCCCCCCCCCCCC/C=C/C(O)C(COC1OC(CO)C(O)C(O)C1OC(=O)CCCCCCCCCCCCCCCCCCCCCCCCC)NC(=O)C(O)CCCCCCCCCCCCCCCCCCCCCC. The first kappa shape index (κ1) is 81.4. The third-order valence-electron chi connectivity index (χ3n) is 18.2. The van der Waals surface area contributed by atoms with Crippen LogP contribution in [0.2, 0.25) is 0 Å². The Labute approximate surface area is 525 Å². The minimum atomic E-state index is -1.61. The van der Waals surface area contributed by atoms with E-state index in [1.54, 1.807) is 6.08 Å². The normalized spacial score (nSPS) is 18.3. The number of esters is 1. The standard InChI is InChI=1S/C74H143NO10/c1-4-7-10-13-16-19-22-25-27-29-31-33-34-35-37-39-41-44-47-50-53-56-59-62-69(79)85-72-71(81)70(80)68(63-76)84-74(72)83-64-65(66(77)60-57-54-51-48-45-42-24-21-18-15-12-9-6-3)75-73(82)67(78)61-58-55-52-49-46-43-40-38-36-32-30-28-26-23-20-17-14-11-8-5-2/h57,60,65-68,70-72,74,76-78,80-81H,4-56,58-59,61-64H2,1-3H3,(H,75,82)/b60-57+. The lowest BCUT2D eigenvalue weighted by atomic mass is 9.99. The average Bonchev–Trinajstić information content (AvgIpc) is 2.94. The zero-order valence-electron chi connectivity index (χ0n) is 56.3. The molecule has 8 atom stereocenters. The molecule has 0 radical (unpaired) electrons. The van der Waals surface area contributed by atoms with Crippen molar-refractivity contribution in [1.82, 2.24) is 5.32 Å². The van der Waals surface area contributed by atoms with Crippen LogP contribution in [0.25, 0.3) is 0 Å². The highest BCUT2D eigenvalue weighted by Crippen LogP contribution is 2.27. The molecule has 1 saturated heterocycles. The maximum absolute atomic E-state index is 13.5. The molecule has 0 aromatic carbocycles. The summed E-state index contributed by atoms with van der Waals surface area (Å²) in [5, 5.41) is 57.3. The molecule has 85 heavy (non-hydrogen) atoms. The van der Waals surface area contributed by atoms with Crippen LogP contribution in [-0.4, -0.2) is 99.6 Å². The molecule has 1 rings (SSSR count). The number of unbranched alkanes of at least 4 members (excludes halogenated alkanes) is 52. The molecule has 0 spiro atoms. The molecule has 0 aliphatic carbocycles. The van der Waals surface area contributed by atoms with Gasteiger partial charge in [-0.2, -0.15) is 0 Å². The maximum Gasteiger partial charge on any atom is 0.306 e. The summed E-state index contributed by atoms with van der Waals surface area (Å²) in [5.74, 6) is -1.17. The van der Waals surface area contributed by atoms with Gasteiger partial charge in [-0.25, -0.2) is 0 Å². The van der Waals surface area contributed by atoms with Crippen LogP contribution < -0.4 is 5.32 Å². The fourth-order valence-electron chi connectivity index (χ4n) is 12.3. The number of ether oxygens (including phenoxy) is 3. The number of allylic oxidation sites excluding steroid dienone is 1. The van der Waals surface area contributed by atoms with Crippen molar-refractivity contribution in [3.05, 3.63) is 12.2 Å². The minimum absolute atomic E-state index is 0.132. The number of carbonyl (C=O) groups is 2. The summed E-state index contributed by atoms with van der Waals surface area (Å²) in [6.45, 7) is 5.88. The van der Waals surface area contributed by atoms with Crippen LogP contribution in [0.15, 0.2) is 12.2 Å². The Morgan fingerprint density at radius 3 is 1.11 bits per heavy atom. The lowest BCUT2D eigenvalue weighted by molar-refractivity contribution is -0.305. The van der Waals surface area contributed by atoms with E-state index in [0.717, 1.165) is 57.8 Å². The van der Waals surface area contributed by atoms with Crippen LogP contribution in [-0.2, 0) is 23.8 Å². The highest BCUT2D eigenvalue weighted by molar-refractivity contribution is 5.80.